The highest BCUT2D eigenvalue weighted by molar-refractivity contribution is 7.12. The maximum absolute atomic E-state index is 5.31. The summed E-state index contributed by atoms with van der Waals surface area (Å²) in [5.41, 5.74) is 2.87. The predicted molar refractivity (Wildman–Crippen MR) is 54.3 cm³/mol. The molecule has 1 nitrogen and oxygen atoms in total. The molecule has 2 heteroatoms. The molecule has 1 rings (SSSR count). The highest BCUT2D eigenvalue weighted by atomic mass is 32.1. The molecule has 0 fully saturated rings. The summed E-state index contributed by atoms with van der Waals surface area (Å²) in [7, 11) is 1.74. The van der Waals surface area contributed by atoms with Crippen LogP contribution in [0.4, 0.5) is 0 Å². The van der Waals surface area contributed by atoms with E-state index >= 15 is 0 Å². The molecule has 1 aromatic heterocycles. The third-order valence-corrected chi connectivity index (χ3v) is 2.93. The first kappa shape index (κ1) is 9.59. The van der Waals surface area contributed by atoms with Crippen LogP contribution in [-0.4, -0.2) is 7.11 Å². The van der Waals surface area contributed by atoms with Gasteiger partial charge in [-0.2, -0.15) is 0 Å². The van der Waals surface area contributed by atoms with Crippen LogP contribution in [0.15, 0.2) is 5.38 Å². The van der Waals surface area contributed by atoms with E-state index in [-0.39, 0.29) is 5.41 Å². The second kappa shape index (κ2) is 3.09. The van der Waals surface area contributed by atoms with Gasteiger partial charge in [0.05, 0.1) is 7.11 Å². The van der Waals surface area contributed by atoms with Crippen molar-refractivity contribution in [1.82, 2.24) is 0 Å². The van der Waals surface area contributed by atoms with Crippen molar-refractivity contribution in [3.8, 4) is 5.06 Å². The van der Waals surface area contributed by atoms with E-state index in [0.717, 1.165) is 5.06 Å². The van der Waals surface area contributed by atoms with Crippen molar-refractivity contribution in [2.45, 2.75) is 33.1 Å². The van der Waals surface area contributed by atoms with E-state index in [2.05, 4.69) is 33.1 Å². The summed E-state index contributed by atoms with van der Waals surface area (Å²) in [5.74, 6) is 0. The third-order valence-electron chi connectivity index (χ3n) is 1.88. The van der Waals surface area contributed by atoms with E-state index in [1.54, 1.807) is 18.4 Å². The first-order valence-electron chi connectivity index (χ1n) is 4.09. The van der Waals surface area contributed by atoms with E-state index in [9.17, 15) is 0 Å². The minimum atomic E-state index is 0.190. The average Bonchev–Trinajstić information content (AvgIpc) is 2.29. The summed E-state index contributed by atoms with van der Waals surface area (Å²) < 4.78 is 5.31. The standard InChI is InChI=1S/C10H16OS/c1-7-6-12-9(11-5)8(7)10(2,3)4/h6H,1-5H3. The Morgan fingerprint density at radius 1 is 1.33 bits per heavy atom. The Labute approximate surface area is 78.4 Å². The second-order valence-corrected chi connectivity index (χ2v) is 4.88. The van der Waals surface area contributed by atoms with Crippen LogP contribution < -0.4 is 4.74 Å². The summed E-state index contributed by atoms with van der Waals surface area (Å²) in [5, 5.41) is 3.21. The van der Waals surface area contributed by atoms with Crippen LogP contribution in [0.25, 0.3) is 0 Å². The van der Waals surface area contributed by atoms with Crippen molar-refractivity contribution in [2.75, 3.05) is 7.11 Å². The third kappa shape index (κ3) is 1.63. The van der Waals surface area contributed by atoms with Gasteiger partial charge in [0.15, 0.2) is 5.06 Å². The zero-order valence-corrected chi connectivity index (χ0v) is 9.21. The van der Waals surface area contributed by atoms with Crippen molar-refractivity contribution in [2.24, 2.45) is 0 Å². The first-order valence-corrected chi connectivity index (χ1v) is 4.97. The van der Waals surface area contributed by atoms with Gasteiger partial charge in [0.2, 0.25) is 0 Å². The molecular formula is C10H16OS. The van der Waals surface area contributed by atoms with E-state index in [1.807, 2.05) is 0 Å². The minimum Gasteiger partial charge on any atom is -0.487 e. The van der Waals surface area contributed by atoms with E-state index in [4.69, 9.17) is 4.74 Å². The van der Waals surface area contributed by atoms with Crippen LogP contribution in [0.2, 0.25) is 0 Å². The van der Waals surface area contributed by atoms with Crippen molar-refractivity contribution in [3.05, 3.63) is 16.5 Å². The van der Waals surface area contributed by atoms with Crippen LogP contribution in [0.1, 0.15) is 31.9 Å². The molecular weight excluding hydrogens is 168 g/mol. The average molecular weight is 184 g/mol. The number of ether oxygens (including phenoxy) is 1. The molecule has 0 unspecified atom stereocenters. The fourth-order valence-electron chi connectivity index (χ4n) is 1.47. The molecule has 0 aliphatic carbocycles. The minimum absolute atomic E-state index is 0.190. The molecule has 0 bridgehead atoms. The number of thiophene rings is 1. The Balaban J connectivity index is 3.19. The highest BCUT2D eigenvalue weighted by Gasteiger charge is 2.22. The Bertz CT molecular complexity index is 268. The molecule has 68 valence electrons. The molecule has 0 atom stereocenters. The largest absolute Gasteiger partial charge is 0.487 e. The van der Waals surface area contributed by atoms with Gasteiger partial charge in [-0.05, 0) is 23.3 Å². The van der Waals surface area contributed by atoms with Gasteiger partial charge in [-0.15, -0.1) is 11.3 Å². The quantitative estimate of drug-likeness (QED) is 0.650. The van der Waals surface area contributed by atoms with Gasteiger partial charge in [0, 0.05) is 5.56 Å². The lowest BCUT2D eigenvalue weighted by Gasteiger charge is -2.20. The normalized spacial score (nSPS) is 11.8. The summed E-state index contributed by atoms with van der Waals surface area (Å²) in [6, 6.07) is 0. The van der Waals surface area contributed by atoms with Crippen molar-refractivity contribution >= 4 is 11.3 Å². The van der Waals surface area contributed by atoms with Crippen molar-refractivity contribution in [3.63, 3.8) is 0 Å². The van der Waals surface area contributed by atoms with E-state index < -0.39 is 0 Å². The molecule has 0 aliphatic heterocycles. The molecule has 12 heavy (non-hydrogen) atoms. The zero-order chi connectivity index (χ0) is 9.35. The van der Waals surface area contributed by atoms with Gasteiger partial charge in [-0.3, -0.25) is 0 Å². The maximum atomic E-state index is 5.31. The molecule has 0 radical (unpaired) electrons. The number of rotatable bonds is 1. The van der Waals surface area contributed by atoms with E-state index in [0.29, 0.717) is 0 Å². The lowest BCUT2D eigenvalue weighted by molar-refractivity contribution is 0.410. The van der Waals surface area contributed by atoms with Crippen molar-refractivity contribution < 1.29 is 4.74 Å². The predicted octanol–water partition coefficient (Wildman–Crippen LogP) is 3.36. The van der Waals surface area contributed by atoms with Gasteiger partial charge < -0.3 is 4.74 Å². The maximum Gasteiger partial charge on any atom is 0.177 e. The van der Waals surface area contributed by atoms with Crippen LogP contribution in [0.5, 0.6) is 5.06 Å². The summed E-state index contributed by atoms with van der Waals surface area (Å²) in [6.07, 6.45) is 0. The molecule has 0 aliphatic rings. The van der Waals surface area contributed by atoms with Gasteiger partial charge >= 0.3 is 0 Å². The number of hydrogen-bond donors (Lipinski definition) is 0. The summed E-state index contributed by atoms with van der Waals surface area (Å²) in [4.78, 5) is 0. The van der Waals surface area contributed by atoms with Gasteiger partial charge in [0.25, 0.3) is 0 Å². The molecule has 0 saturated heterocycles. The fourth-order valence-corrected chi connectivity index (χ4v) is 2.55. The van der Waals surface area contributed by atoms with Gasteiger partial charge in [-0.1, -0.05) is 20.8 Å². The molecule has 1 aromatic rings. The topological polar surface area (TPSA) is 9.23 Å². The van der Waals surface area contributed by atoms with Crippen LogP contribution in [0.3, 0.4) is 0 Å². The molecule has 0 aromatic carbocycles. The highest BCUT2D eigenvalue weighted by Crippen LogP contribution is 2.38. The lowest BCUT2D eigenvalue weighted by atomic mass is 9.86. The number of aryl methyl sites for hydroxylation is 1. The zero-order valence-electron chi connectivity index (χ0n) is 8.39. The fraction of sp³-hybridized carbons (Fsp3) is 0.600. The Kier molecular flexibility index (Phi) is 2.47. The Morgan fingerprint density at radius 3 is 2.25 bits per heavy atom. The monoisotopic (exact) mass is 184 g/mol. The van der Waals surface area contributed by atoms with E-state index in [1.165, 1.54) is 11.1 Å². The molecule has 1 heterocycles. The van der Waals surface area contributed by atoms with Crippen LogP contribution in [0, 0.1) is 6.92 Å². The number of methoxy groups -OCH3 is 1. The number of hydrogen-bond acceptors (Lipinski definition) is 2. The molecule has 0 saturated carbocycles. The first-order chi connectivity index (χ1) is 5.46. The molecule has 0 amide bonds. The smallest absolute Gasteiger partial charge is 0.177 e. The Morgan fingerprint density at radius 2 is 1.92 bits per heavy atom. The summed E-state index contributed by atoms with van der Waals surface area (Å²) >= 11 is 1.68. The summed E-state index contributed by atoms with van der Waals surface area (Å²) in [6.45, 7) is 8.78. The molecule has 0 spiro atoms. The van der Waals surface area contributed by atoms with Crippen molar-refractivity contribution in [1.29, 1.82) is 0 Å². The van der Waals surface area contributed by atoms with Gasteiger partial charge in [-0.25, -0.2) is 0 Å². The van der Waals surface area contributed by atoms with Gasteiger partial charge in [0.1, 0.15) is 0 Å². The SMILES string of the molecule is COc1scc(C)c1C(C)(C)C. The second-order valence-electron chi connectivity index (χ2n) is 4.04. The molecule has 0 N–H and O–H groups in total. The Hall–Kier alpha value is -0.500. The lowest BCUT2D eigenvalue weighted by Crippen LogP contribution is -2.12. The van der Waals surface area contributed by atoms with Crippen LogP contribution in [-0.2, 0) is 5.41 Å². The van der Waals surface area contributed by atoms with Crippen LogP contribution >= 0.6 is 11.3 Å².